The third-order valence-corrected chi connectivity index (χ3v) is 2.86. The zero-order valence-electron chi connectivity index (χ0n) is 11.6. The predicted octanol–water partition coefficient (Wildman–Crippen LogP) is 1.82. The van der Waals surface area contributed by atoms with Gasteiger partial charge in [0.15, 0.2) is 0 Å². The van der Waals surface area contributed by atoms with Gasteiger partial charge in [-0.2, -0.15) is 5.10 Å². The molecule has 2 rings (SSSR count). The van der Waals surface area contributed by atoms with E-state index in [1.807, 2.05) is 18.2 Å². The normalized spacial score (nSPS) is 10.3. The standard InChI is InChI=1S/C14H18N4O2/c1-15-13-6-4-3-5-12(13)14(19)17-11-9-16-18(10-11)7-8-20-2/h3-6,9-10,15H,7-8H2,1-2H3,(H,17,19). The lowest BCUT2D eigenvalue weighted by Gasteiger charge is -2.08. The van der Waals surface area contributed by atoms with Crippen molar-refractivity contribution >= 4 is 17.3 Å². The lowest BCUT2D eigenvalue weighted by Crippen LogP contribution is -2.13. The van der Waals surface area contributed by atoms with Crippen LogP contribution in [-0.4, -0.2) is 36.5 Å². The lowest BCUT2D eigenvalue weighted by atomic mass is 10.1. The van der Waals surface area contributed by atoms with Crippen LogP contribution in [0.4, 0.5) is 11.4 Å². The third kappa shape index (κ3) is 3.36. The van der Waals surface area contributed by atoms with E-state index in [2.05, 4.69) is 15.7 Å². The summed E-state index contributed by atoms with van der Waals surface area (Å²) in [5.74, 6) is -0.166. The van der Waals surface area contributed by atoms with Crippen LogP contribution in [-0.2, 0) is 11.3 Å². The first kappa shape index (κ1) is 14.1. The SMILES string of the molecule is CNc1ccccc1C(=O)Nc1cnn(CCOC)c1. The van der Waals surface area contributed by atoms with Gasteiger partial charge >= 0.3 is 0 Å². The Morgan fingerprint density at radius 1 is 1.40 bits per heavy atom. The number of nitrogens with zero attached hydrogens (tertiary/aromatic N) is 2. The molecule has 0 atom stereocenters. The number of nitrogens with one attached hydrogen (secondary N) is 2. The maximum atomic E-state index is 12.2. The second kappa shape index (κ2) is 6.72. The Hall–Kier alpha value is -2.34. The van der Waals surface area contributed by atoms with Crippen molar-refractivity contribution in [1.82, 2.24) is 9.78 Å². The highest BCUT2D eigenvalue weighted by molar-refractivity contribution is 6.07. The van der Waals surface area contributed by atoms with E-state index in [1.165, 1.54) is 0 Å². The first-order valence-electron chi connectivity index (χ1n) is 6.34. The molecule has 1 aromatic heterocycles. The number of hydrogen-bond acceptors (Lipinski definition) is 4. The van der Waals surface area contributed by atoms with E-state index in [-0.39, 0.29) is 5.91 Å². The van der Waals surface area contributed by atoms with Crippen LogP contribution in [0.3, 0.4) is 0 Å². The Balaban J connectivity index is 2.05. The highest BCUT2D eigenvalue weighted by atomic mass is 16.5. The molecule has 106 valence electrons. The summed E-state index contributed by atoms with van der Waals surface area (Å²) in [6.45, 7) is 1.23. The van der Waals surface area contributed by atoms with Gasteiger partial charge in [-0.1, -0.05) is 12.1 Å². The van der Waals surface area contributed by atoms with Gasteiger partial charge in [-0.25, -0.2) is 0 Å². The number of para-hydroxylation sites is 1. The molecule has 0 bridgehead atoms. The quantitative estimate of drug-likeness (QED) is 0.843. The van der Waals surface area contributed by atoms with Crippen LogP contribution in [0.2, 0.25) is 0 Å². The van der Waals surface area contributed by atoms with Crippen molar-refractivity contribution in [3.05, 3.63) is 42.2 Å². The highest BCUT2D eigenvalue weighted by Crippen LogP contribution is 2.16. The van der Waals surface area contributed by atoms with Gasteiger partial charge in [0.05, 0.1) is 30.6 Å². The van der Waals surface area contributed by atoms with Gasteiger partial charge in [0.2, 0.25) is 0 Å². The number of hydrogen-bond donors (Lipinski definition) is 2. The molecule has 6 heteroatoms. The van der Waals surface area contributed by atoms with E-state index in [1.54, 1.807) is 37.3 Å². The molecule has 6 nitrogen and oxygen atoms in total. The Labute approximate surface area is 117 Å². The first-order valence-corrected chi connectivity index (χ1v) is 6.34. The average molecular weight is 274 g/mol. The van der Waals surface area contributed by atoms with E-state index in [4.69, 9.17) is 4.74 Å². The van der Waals surface area contributed by atoms with Gasteiger partial charge in [-0.3, -0.25) is 9.48 Å². The monoisotopic (exact) mass is 274 g/mol. The molecule has 0 spiro atoms. The van der Waals surface area contributed by atoms with Crippen molar-refractivity contribution in [3.63, 3.8) is 0 Å². The summed E-state index contributed by atoms with van der Waals surface area (Å²) in [4.78, 5) is 12.2. The zero-order valence-corrected chi connectivity index (χ0v) is 11.6. The van der Waals surface area contributed by atoms with E-state index >= 15 is 0 Å². The van der Waals surface area contributed by atoms with Crippen LogP contribution in [0.25, 0.3) is 0 Å². The number of rotatable bonds is 6. The van der Waals surface area contributed by atoms with Gasteiger partial charge in [0.25, 0.3) is 5.91 Å². The van der Waals surface area contributed by atoms with E-state index in [0.29, 0.717) is 24.4 Å². The molecule has 1 amide bonds. The van der Waals surface area contributed by atoms with Crippen molar-refractivity contribution in [2.24, 2.45) is 0 Å². The number of benzene rings is 1. The predicted molar refractivity (Wildman–Crippen MR) is 78.0 cm³/mol. The van der Waals surface area contributed by atoms with Crippen LogP contribution < -0.4 is 10.6 Å². The summed E-state index contributed by atoms with van der Waals surface area (Å²) in [7, 11) is 3.43. The van der Waals surface area contributed by atoms with Gasteiger partial charge in [-0.15, -0.1) is 0 Å². The Kier molecular flexibility index (Phi) is 4.73. The van der Waals surface area contributed by atoms with Gasteiger partial charge in [0, 0.05) is 26.0 Å². The first-order chi connectivity index (χ1) is 9.74. The summed E-state index contributed by atoms with van der Waals surface area (Å²) in [5, 5.41) is 9.97. The molecule has 0 saturated heterocycles. The van der Waals surface area contributed by atoms with Crippen molar-refractivity contribution < 1.29 is 9.53 Å². The molecule has 0 aliphatic carbocycles. The number of amides is 1. The summed E-state index contributed by atoms with van der Waals surface area (Å²) < 4.78 is 6.70. The molecule has 0 fully saturated rings. The zero-order chi connectivity index (χ0) is 14.4. The second-order valence-electron chi connectivity index (χ2n) is 4.23. The number of ether oxygens (including phenoxy) is 1. The number of methoxy groups -OCH3 is 1. The average Bonchev–Trinajstić information content (AvgIpc) is 2.92. The number of carbonyl (C=O) groups is 1. The Morgan fingerprint density at radius 2 is 2.20 bits per heavy atom. The summed E-state index contributed by atoms with van der Waals surface area (Å²) in [6.07, 6.45) is 3.40. The van der Waals surface area contributed by atoms with Gasteiger partial charge < -0.3 is 15.4 Å². The van der Waals surface area contributed by atoms with E-state index in [0.717, 1.165) is 5.69 Å². The molecular formula is C14H18N4O2. The number of carbonyl (C=O) groups excluding carboxylic acids is 1. The van der Waals surface area contributed by atoms with Crippen molar-refractivity contribution in [3.8, 4) is 0 Å². The Bertz CT molecular complexity index is 580. The fourth-order valence-corrected chi connectivity index (χ4v) is 1.83. The molecule has 0 saturated carbocycles. The number of anilines is 2. The molecule has 0 radical (unpaired) electrons. The van der Waals surface area contributed by atoms with Crippen LogP contribution in [0.5, 0.6) is 0 Å². The summed E-state index contributed by atoms with van der Waals surface area (Å²) in [6, 6.07) is 7.34. The molecule has 1 aromatic carbocycles. The highest BCUT2D eigenvalue weighted by Gasteiger charge is 2.11. The molecule has 0 aliphatic heterocycles. The minimum Gasteiger partial charge on any atom is -0.387 e. The fourth-order valence-electron chi connectivity index (χ4n) is 1.83. The van der Waals surface area contributed by atoms with Crippen molar-refractivity contribution in [2.75, 3.05) is 31.4 Å². The minimum atomic E-state index is -0.166. The van der Waals surface area contributed by atoms with E-state index in [9.17, 15) is 4.79 Å². The Morgan fingerprint density at radius 3 is 2.95 bits per heavy atom. The molecule has 2 N–H and O–H groups in total. The van der Waals surface area contributed by atoms with Gasteiger partial charge in [-0.05, 0) is 12.1 Å². The topological polar surface area (TPSA) is 68.2 Å². The van der Waals surface area contributed by atoms with Gasteiger partial charge in [0.1, 0.15) is 0 Å². The smallest absolute Gasteiger partial charge is 0.257 e. The molecule has 1 heterocycles. The third-order valence-electron chi connectivity index (χ3n) is 2.86. The van der Waals surface area contributed by atoms with Crippen LogP contribution in [0.1, 0.15) is 10.4 Å². The molecule has 2 aromatic rings. The number of aromatic nitrogens is 2. The summed E-state index contributed by atoms with van der Waals surface area (Å²) >= 11 is 0. The molecular weight excluding hydrogens is 256 g/mol. The summed E-state index contributed by atoms with van der Waals surface area (Å²) in [5.41, 5.74) is 2.05. The molecule has 0 aliphatic rings. The van der Waals surface area contributed by atoms with Crippen LogP contribution in [0.15, 0.2) is 36.7 Å². The maximum absolute atomic E-state index is 12.2. The molecule has 20 heavy (non-hydrogen) atoms. The fraction of sp³-hybridized carbons (Fsp3) is 0.286. The molecule has 0 unspecified atom stereocenters. The van der Waals surface area contributed by atoms with Crippen molar-refractivity contribution in [2.45, 2.75) is 6.54 Å². The lowest BCUT2D eigenvalue weighted by molar-refractivity contribution is 0.102. The van der Waals surface area contributed by atoms with Crippen LogP contribution >= 0.6 is 0 Å². The maximum Gasteiger partial charge on any atom is 0.257 e. The van der Waals surface area contributed by atoms with Crippen molar-refractivity contribution in [1.29, 1.82) is 0 Å². The second-order valence-corrected chi connectivity index (χ2v) is 4.23. The minimum absolute atomic E-state index is 0.166. The van der Waals surface area contributed by atoms with Crippen LogP contribution in [0, 0.1) is 0 Å². The van der Waals surface area contributed by atoms with E-state index < -0.39 is 0 Å². The largest absolute Gasteiger partial charge is 0.387 e.